The van der Waals surface area contributed by atoms with Crippen molar-refractivity contribution in [3.05, 3.63) is 46.7 Å². The number of carbonyl (C=O) groups is 1. The Hall–Kier alpha value is -1.86. The van der Waals surface area contributed by atoms with Gasteiger partial charge in [0.1, 0.15) is 0 Å². The first-order chi connectivity index (χ1) is 12.2. The fraction of sp³-hybridized carbons (Fsp3) is 0.444. The number of carbonyl (C=O) groups excluding carboxylic acids is 1. The monoisotopic (exact) mass is 395 g/mol. The van der Waals surface area contributed by atoms with Crippen LogP contribution in [0.2, 0.25) is 5.02 Å². The molecule has 1 aliphatic heterocycles. The van der Waals surface area contributed by atoms with Crippen LogP contribution >= 0.6 is 11.6 Å². The zero-order valence-electron chi connectivity index (χ0n) is 15.0. The van der Waals surface area contributed by atoms with Crippen molar-refractivity contribution in [3.63, 3.8) is 0 Å². The third-order valence-corrected chi connectivity index (χ3v) is 6.73. The summed E-state index contributed by atoms with van der Waals surface area (Å²) < 4.78 is 25.2. The normalized spacial score (nSPS) is 19.0. The molecule has 0 saturated carbocycles. The van der Waals surface area contributed by atoms with Gasteiger partial charge in [0.25, 0.3) is 5.91 Å². The lowest BCUT2D eigenvalue weighted by atomic mass is 10.0. The summed E-state index contributed by atoms with van der Waals surface area (Å²) in [5, 5.41) is 5.03. The van der Waals surface area contributed by atoms with Gasteiger partial charge in [-0.2, -0.15) is 5.10 Å². The van der Waals surface area contributed by atoms with Gasteiger partial charge >= 0.3 is 0 Å². The molecule has 0 spiro atoms. The minimum absolute atomic E-state index is 0.0254. The van der Waals surface area contributed by atoms with Crippen molar-refractivity contribution in [2.24, 2.45) is 0 Å². The van der Waals surface area contributed by atoms with Gasteiger partial charge in [-0.15, -0.1) is 0 Å². The van der Waals surface area contributed by atoms with Crippen LogP contribution in [-0.4, -0.2) is 53.6 Å². The van der Waals surface area contributed by atoms with Crippen LogP contribution in [-0.2, 0) is 9.84 Å². The first-order valence-corrected chi connectivity index (χ1v) is 10.7. The second kappa shape index (κ2) is 7.04. The molecule has 6 nitrogen and oxygen atoms in total. The smallest absolute Gasteiger partial charge is 0.257 e. The van der Waals surface area contributed by atoms with Gasteiger partial charge < -0.3 is 4.90 Å². The van der Waals surface area contributed by atoms with E-state index in [0.29, 0.717) is 17.0 Å². The number of sulfone groups is 1. The molecule has 26 heavy (non-hydrogen) atoms. The van der Waals surface area contributed by atoms with Crippen LogP contribution in [0.4, 0.5) is 0 Å². The van der Waals surface area contributed by atoms with Gasteiger partial charge in [0.05, 0.1) is 34.6 Å². The fourth-order valence-corrected chi connectivity index (χ4v) is 5.20. The zero-order chi connectivity index (χ0) is 19.1. The van der Waals surface area contributed by atoms with Gasteiger partial charge in [0.2, 0.25) is 0 Å². The zero-order valence-corrected chi connectivity index (χ0v) is 16.6. The van der Waals surface area contributed by atoms with E-state index < -0.39 is 9.84 Å². The highest BCUT2D eigenvalue weighted by Gasteiger charge is 2.34. The molecule has 1 fully saturated rings. The van der Waals surface area contributed by atoms with Gasteiger partial charge in [-0.05, 0) is 36.6 Å². The SMILES string of the molecule is CC(C)c1c(C(=O)N(C)C2CCS(=O)(=O)C2)cnn1-c1ccc(Cl)cc1. The molecule has 0 radical (unpaired) electrons. The number of hydrogen-bond donors (Lipinski definition) is 0. The third-order valence-electron chi connectivity index (χ3n) is 4.73. The molecule has 0 bridgehead atoms. The Bertz CT molecular complexity index is 920. The minimum atomic E-state index is -3.05. The Kier molecular flexibility index (Phi) is 5.12. The molecule has 1 aromatic carbocycles. The Morgan fingerprint density at radius 2 is 1.96 bits per heavy atom. The van der Waals surface area contributed by atoms with E-state index in [2.05, 4.69) is 5.10 Å². The number of nitrogens with zero attached hydrogens (tertiary/aromatic N) is 3. The number of amides is 1. The van der Waals surface area contributed by atoms with E-state index >= 15 is 0 Å². The summed E-state index contributed by atoms with van der Waals surface area (Å²) in [5.41, 5.74) is 2.12. The second-order valence-electron chi connectivity index (χ2n) is 6.96. The largest absolute Gasteiger partial charge is 0.338 e. The first-order valence-electron chi connectivity index (χ1n) is 8.51. The number of halogens is 1. The maximum atomic E-state index is 13.0. The molecule has 1 aliphatic rings. The molecule has 1 atom stereocenters. The van der Waals surface area contributed by atoms with Crippen molar-refractivity contribution in [3.8, 4) is 5.69 Å². The summed E-state index contributed by atoms with van der Waals surface area (Å²) in [6.45, 7) is 4.00. The van der Waals surface area contributed by atoms with Crippen molar-refractivity contribution < 1.29 is 13.2 Å². The quantitative estimate of drug-likeness (QED) is 0.797. The average molecular weight is 396 g/mol. The summed E-state index contributed by atoms with van der Waals surface area (Å²) in [6, 6.07) is 6.97. The summed E-state index contributed by atoms with van der Waals surface area (Å²) in [5.74, 6) is 0.0253. The Labute approximate surface area is 158 Å². The Balaban J connectivity index is 1.95. The summed E-state index contributed by atoms with van der Waals surface area (Å²) in [4.78, 5) is 14.6. The van der Waals surface area contributed by atoms with Crippen molar-refractivity contribution in [1.29, 1.82) is 0 Å². The minimum Gasteiger partial charge on any atom is -0.338 e. The Morgan fingerprint density at radius 1 is 1.31 bits per heavy atom. The molecule has 2 heterocycles. The molecule has 0 N–H and O–H groups in total. The molecule has 1 aromatic heterocycles. The van der Waals surface area contributed by atoms with E-state index in [9.17, 15) is 13.2 Å². The van der Waals surface area contributed by atoms with Gasteiger partial charge in [0.15, 0.2) is 9.84 Å². The van der Waals surface area contributed by atoms with Gasteiger partial charge in [0, 0.05) is 18.1 Å². The maximum absolute atomic E-state index is 13.0. The van der Waals surface area contributed by atoms with Crippen LogP contribution in [0.3, 0.4) is 0 Å². The van der Waals surface area contributed by atoms with E-state index in [4.69, 9.17) is 11.6 Å². The molecular weight excluding hydrogens is 374 g/mol. The van der Waals surface area contributed by atoms with E-state index in [1.54, 1.807) is 35.0 Å². The molecular formula is C18H22ClN3O3S. The lowest BCUT2D eigenvalue weighted by Gasteiger charge is -2.24. The predicted octanol–water partition coefficient (Wildman–Crippen LogP) is 2.91. The van der Waals surface area contributed by atoms with E-state index in [0.717, 1.165) is 11.4 Å². The summed E-state index contributed by atoms with van der Waals surface area (Å²) in [6.07, 6.45) is 2.04. The van der Waals surface area contributed by atoms with Gasteiger partial charge in [-0.25, -0.2) is 13.1 Å². The molecule has 3 rings (SSSR count). The summed E-state index contributed by atoms with van der Waals surface area (Å²) >= 11 is 5.95. The molecule has 0 aliphatic carbocycles. The van der Waals surface area contributed by atoms with Crippen LogP contribution < -0.4 is 0 Å². The van der Waals surface area contributed by atoms with Crippen molar-refractivity contribution in [2.75, 3.05) is 18.6 Å². The van der Waals surface area contributed by atoms with E-state index in [-0.39, 0.29) is 29.4 Å². The highest BCUT2D eigenvalue weighted by molar-refractivity contribution is 7.91. The lowest BCUT2D eigenvalue weighted by molar-refractivity contribution is 0.0746. The Morgan fingerprint density at radius 3 is 2.50 bits per heavy atom. The topological polar surface area (TPSA) is 72.3 Å². The van der Waals surface area contributed by atoms with Crippen molar-refractivity contribution >= 4 is 27.3 Å². The van der Waals surface area contributed by atoms with Gasteiger partial charge in [-0.1, -0.05) is 25.4 Å². The van der Waals surface area contributed by atoms with Crippen LogP contribution in [0.25, 0.3) is 5.69 Å². The molecule has 2 aromatic rings. The highest BCUT2D eigenvalue weighted by Crippen LogP contribution is 2.26. The van der Waals surface area contributed by atoms with Crippen LogP contribution in [0.1, 0.15) is 42.2 Å². The fourth-order valence-electron chi connectivity index (χ4n) is 3.30. The maximum Gasteiger partial charge on any atom is 0.257 e. The molecule has 1 unspecified atom stereocenters. The number of hydrogen-bond acceptors (Lipinski definition) is 4. The lowest BCUT2D eigenvalue weighted by Crippen LogP contribution is -2.38. The van der Waals surface area contributed by atoms with Crippen molar-refractivity contribution in [1.82, 2.24) is 14.7 Å². The van der Waals surface area contributed by atoms with Crippen LogP contribution in [0.5, 0.6) is 0 Å². The number of rotatable bonds is 4. The average Bonchev–Trinajstić information content (AvgIpc) is 3.17. The third kappa shape index (κ3) is 3.64. The van der Waals surface area contributed by atoms with Crippen LogP contribution in [0, 0.1) is 0 Å². The molecule has 140 valence electrons. The van der Waals surface area contributed by atoms with Gasteiger partial charge in [-0.3, -0.25) is 4.79 Å². The summed E-state index contributed by atoms with van der Waals surface area (Å²) in [7, 11) is -1.39. The molecule has 8 heteroatoms. The number of aromatic nitrogens is 2. The second-order valence-corrected chi connectivity index (χ2v) is 9.62. The predicted molar refractivity (Wildman–Crippen MR) is 102 cm³/mol. The standard InChI is InChI=1S/C18H22ClN3O3S/c1-12(2)17-16(10-20-22(17)14-6-4-13(19)5-7-14)18(23)21(3)15-8-9-26(24,25)11-15/h4-7,10,12,15H,8-9,11H2,1-3H3. The number of benzene rings is 1. The van der Waals surface area contributed by atoms with Crippen LogP contribution in [0.15, 0.2) is 30.5 Å². The van der Waals surface area contributed by atoms with E-state index in [1.807, 2.05) is 26.0 Å². The van der Waals surface area contributed by atoms with Crippen molar-refractivity contribution in [2.45, 2.75) is 32.2 Å². The first kappa shape index (κ1) is 18.9. The molecule has 1 saturated heterocycles. The highest BCUT2D eigenvalue weighted by atomic mass is 35.5. The van der Waals surface area contributed by atoms with E-state index in [1.165, 1.54) is 0 Å². The molecule has 1 amide bonds.